The van der Waals surface area contributed by atoms with E-state index in [1.54, 1.807) is 6.92 Å². The lowest BCUT2D eigenvalue weighted by atomic mass is 10.1. The van der Waals surface area contributed by atoms with Gasteiger partial charge in [0.25, 0.3) is 5.56 Å². The van der Waals surface area contributed by atoms with Crippen LogP contribution in [0.1, 0.15) is 5.56 Å². The molecular formula is C7H8BN3O2. The lowest BCUT2D eigenvalue weighted by Crippen LogP contribution is -2.28. The Kier molecular flexibility index (Phi) is 2.50. The summed E-state index contributed by atoms with van der Waals surface area (Å²) in [5, 5.41) is 0. The Balaban J connectivity index is 3.11. The Bertz CT molecular complexity index is 388. The third-order valence-corrected chi connectivity index (χ3v) is 1.61. The number of carbonyl (C=O) groups excluding carboxylic acids is 1. The molecule has 1 amide bonds. The first-order valence-electron chi connectivity index (χ1n) is 3.61. The first kappa shape index (κ1) is 9.50. The van der Waals surface area contributed by atoms with Gasteiger partial charge in [-0.1, -0.05) is 0 Å². The van der Waals surface area contributed by atoms with Crippen LogP contribution in [0.15, 0.2) is 11.0 Å². The second-order valence-corrected chi connectivity index (χ2v) is 2.62. The Labute approximate surface area is 76.2 Å². The van der Waals surface area contributed by atoms with E-state index >= 15 is 0 Å². The molecule has 1 aromatic heterocycles. The van der Waals surface area contributed by atoms with Crippen molar-refractivity contribution >= 4 is 19.6 Å². The number of H-pyrrole nitrogens is 1. The molecule has 0 aliphatic heterocycles. The van der Waals surface area contributed by atoms with Crippen LogP contribution in [0.25, 0.3) is 0 Å². The molecule has 0 spiro atoms. The van der Waals surface area contributed by atoms with E-state index < -0.39 is 5.81 Å². The number of carbonyl (C=O) groups is 1. The number of hydrogen-bond donors (Lipinski definition) is 1. The molecule has 1 heterocycles. The molecule has 0 aromatic carbocycles. The molecule has 0 bridgehead atoms. The zero-order chi connectivity index (χ0) is 10.0. The summed E-state index contributed by atoms with van der Waals surface area (Å²) in [6.45, 7) is 1.62. The summed E-state index contributed by atoms with van der Waals surface area (Å²) in [6.07, 6.45) is 1.38. The van der Waals surface area contributed by atoms with Gasteiger partial charge in [-0.05, 0) is 6.92 Å². The molecule has 1 aromatic rings. The van der Waals surface area contributed by atoms with Crippen LogP contribution >= 0.6 is 0 Å². The van der Waals surface area contributed by atoms with Crippen molar-refractivity contribution in [3.05, 3.63) is 22.1 Å². The monoisotopic (exact) mass is 177 g/mol. The third kappa shape index (κ3) is 1.96. The first-order chi connectivity index (χ1) is 6.02. The minimum Gasteiger partial charge on any atom is -0.295 e. The number of aryl methyl sites for hydroxylation is 1. The van der Waals surface area contributed by atoms with Crippen LogP contribution in [-0.4, -0.2) is 30.7 Å². The van der Waals surface area contributed by atoms with Crippen molar-refractivity contribution in [1.82, 2.24) is 9.97 Å². The van der Waals surface area contributed by atoms with Crippen LogP contribution in [0.2, 0.25) is 0 Å². The Hall–Kier alpha value is -1.59. The molecule has 0 aliphatic rings. The molecule has 0 saturated carbocycles. The van der Waals surface area contributed by atoms with Gasteiger partial charge in [-0.15, -0.1) is 0 Å². The van der Waals surface area contributed by atoms with Gasteiger partial charge < -0.3 is 0 Å². The molecule has 0 saturated heterocycles. The number of amides is 1. The van der Waals surface area contributed by atoms with Crippen molar-refractivity contribution in [2.45, 2.75) is 6.92 Å². The van der Waals surface area contributed by atoms with Gasteiger partial charge >= 0.3 is 0 Å². The third-order valence-electron chi connectivity index (χ3n) is 1.61. The van der Waals surface area contributed by atoms with E-state index in [-0.39, 0.29) is 11.5 Å². The summed E-state index contributed by atoms with van der Waals surface area (Å²) in [7, 11) is 6.41. The van der Waals surface area contributed by atoms with Crippen molar-refractivity contribution < 1.29 is 4.79 Å². The van der Waals surface area contributed by atoms with Crippen molar-refractivity contribution in [2.24, 2.45) is 0 Å². The van der Waals surface area contributed by atoms with Gasteiger partial charge in [0.1, 0.15) is 0 Å². The highest BCUT2D eigenvalue weighted by Crippen LogP contribution is 2.00. The summed E-state index contributed by atoms with van der Waals surface area (Å²) in [6, 6.07) is 0. The van der Waals surface area contributed by atoms with Gasteiger partial charge in [0, 0.05) is 18.8 Å². The molecule has 5 nitrogen and oxygen atoms in total. The van der Waals surface area contributed by atoms with Crippen molar-refractivity contribution in [3.8, 4) is 0 Å². The fourth-order valence-electron chi connectivity index (χ4n) is 0.724. The number of rotatable bonds is 1. The van der Waals surface area contributed by atoms with E-state index in [1.165, 1.54) is 13.2 Å². The van der Waals surface area contributed by atoms with E-state index in [9.17, 15) is 9.59 Å². The molecule has 2 radical (unpaired) electrons. The molecule has 0 aliphatic carbocycles. The largest absolute Gasteiger partial charge is 0.295 e. The predicted octanol–water partition coefficient (Wildman–Crippen LogP) is -0.197. The number of nitrogens with one attached hydrogen (secondary N) is 1. The fraction of sp³-hybridized carbons (Fsp3) is 0.286. The molecule has 0 atom stereocenters. The second-order valence-electron chi connectivity index (χ2n) is 2.62. The molecule has 1 rings (SSSR count). The van der Waals surface area contributed by atoms with Crippen molar-refractivity contribution in [2.75, 3.05) is 11.9 Å². The Morgan fingerprint density at radius 1 is 1.69 bits per heavy atom. The normalized spacial score (nSPS) is 9.69. The average Bonchev–Trinajstić information content (AvgIpc) is 2.08. The summed E-state index contributed by atoms with van der Waals surface area (Å²) in [5.41, 5.74) is 0.208. The molecule has 13 heavy (non-hydrogen) atoms. The smallest absolute Gasteiger partial charge is 0.255 e. The number of aromatic nitrogens is 2. The highest BCUT2D eigenvalue weighted by atomic mass is 16.2. The maximum atomic E-state index is 11.1. The summed E-state index contributed by atoms with van der Waals surface area (Å²) in [5.74, 6) is -0.532. The Morgan fingerprint density at radius 3 is 2.77 bits per heavy atom. The average molecular weight is 177 g/mol. The predicted molar refractivity (Wildman–Crippen MR) is 49.1 cm³/mol. The molecule has 66 valence electrons. The van der Waals surface area contributed by atoms with Gasteiger partial charge in [0.05, 0.1) is 0 Å². The zero-order valence-electron chi connectivity index (χ0n) is 7.37. The first-order valence-corrected chi connectivity index (χ1v) is 3.61. The minimum atomic E-state index is -0.674. The van der Waals surface area contributed by atoms with Crippen LogP contribution < -0.4 is 10.5 Å². The molecule has 1 N–H and O–H groups in total. The SMILES string of the molecule is [B]C(=O)N(C)c1ncc(C)c(=O)[nH]1. The van der Waals surface area contributed by atoms with Crippen LogP contribution in [0.4, 0.5) is 10.7 Å². The van der Waals surface area contributed by atoms with E-state index in [1.807, 2.05) is 0 Å². The van der Waals surface area contributed by atoms with E-state index in [0.717, 1.165) is 4.90 Å². The van der Waals surface area contributed by atoms with Crippen molar-refractivity contribution in [3.63, 3.8) is 0 Å². The fourth-order valence-corrected chi connectivity index (χ4v) is 0.724. The standard InChI is InChI=1S/C7H8BN3O2/c1-4-3-9-7(10-5(4)12)11(2)6(8)13/h3H,1-2H3,(H,9,10,12). The van der Waals surface area contributed by atoms with Gasteiger partial charge in [-0.3, -0.25) is 19.5 Å². The highest BCUT2D eigenvalue weighted by Gasteiger charge is 2.07. The minimum absolute atomic E-state index is 0.142. The number of aromatic amines is 1. The lowest BCUT2D eigenvalue weighted by molar-refractivity contribution is 0.265. The van der Waals surface area contributed by atoms with Gasteiger partial charge in [-0.25, -0.2) is 4.98 Å². The second kappa shape index (κ2) is 3.43. The van der Waals surface area contributed by atoms with Crippen molar-refractivity contribution in [1.29, 1.82) is 0 Å². The molecular weight excluding hydrogens is 169 g/mol. The highest BCUT2D eigenvalue weighted by molar-refractivity contribution is 6.60. The van der Waals surface area contributed by atoms with Crippen LogP contribution in [0, 0.1) is 6.92 Å². The van der Waals surface area contributed by atoms with Crippen LogP contribution in [0.5, 0.6) is 0 Å². The van der Waals surface area contributed by atoms with E-state index in [4.69, 9.17) is 7.85 Å². The van der Waals surface area contributed by atoms with E-state index in [0.29, 0.717) is 5.56 Å². The Morgan fingerprint density at radius 2 is 2.31 bits per heavy atom. The molecule has 0 fully saturated rings. The van der Waals surface area contributed by atoms with Crippen LogP contribution in [-0.2, 0) is 0 Å². The topological polar surface area (TPSA) is 66.1 Å². The molecule has 6 heteroatoms. The number of anilines is 1. The van der Waals surface area contributed by atoms with Crippen LogP contribution in [0.3, 0.4) is 0 Å². The lowest BCUT2D eigenvalue weighted by Gasteiger charge is -2.12. The van der Waals surface area contributed by atoms with E-state index in [2.05, 4.69) is 9.97 Å². The van der Waals surface area contributed by atoms with Gasteiger partial charge in [0.15, 0.2) is 5.81 Å². The zero-order valence-corrected chi connectivity index (χ0v) is 7.37. The summed E-state index contributed by atoms with van der Waals surface area (Å²) < 4.78 is 0. The maximum absolute atomic E-state index is 11.1. The maximum Gasteiger partial charge on any atom is 0.255 e. The number of hydrogen-bond acceptors (Lipinski definition) is 3. The quantitative estimate of drug-likeness (QED) is 0.604. The number of nitrogens with zero attached hydrogens (tertiary/aromatic N) is 2. The summed E-state index contributed by atoms with van der Waals surface area (Å²) >= 11 is 0. The summed E-state index contributed by atoms with van der Waals surface area (Å²) in [4.78, 5) is 29.1. The molecule has 0 unspecified atom stereocenters. The van der Waals surface area contributed by atoms with Gasteiger partial charge in [0.2, 0.25) is 13.8 Å². The van der Waals surface area contributed by atoms with Gasteiger partial charge in [-0.2, -0.15) is 0 Å².